The maximum Gasteiger partial charge on any atom is 0.0241 e. The van der Waals surface area contributed by atoms with Gasteiger partial charge in [-0.2, -0.15) is 0 Å². The van der Waals surface area contributed by atoms with Crippen molar-refractivity contribution in [2.45, 2.75) is 40.3 Å². The van der Waals surface area contributed by atoms with Crippen molar-refractivity contribution in [1.82, 2.24) is 4.90 Å². The predicted octanol–water partition coefficient (Wildman–Crippen LogP) is 2.72. The van der Waals surface area contributed by atoms with Gasteiger partial charge in [0.15, 0.2) is 0 Å². The zero-order valence-corrected chi connectivity index (χ0v) is 11.8. The van der Waals surface area contributed by atoms with Crippen LogP contribution in [0.4, 0.5) is 0 Å². The lowest BCUT2D eigenvalue weighted by molar-refractivity contribution is 0.190. The Morgan fingerprint density at radius 3 is 2.29 bits per heavy atom. The highest BCUT2D eigenvalue weighted by molar-refractivity contribution is 5.29. The second-order valence-electron chi connectivity index (χ2n) is 5.38. The summed E-state index contributed by atoms with van der Waals surface area (Å²) < 4.78 is 0. The number of aryl methyl sites for hydroxylation is 2. The topological polar surface area (TPSA) is 29.3 Å². The van der Waals surface area contributed by atoms with Crippen molar-refractivity contribution in [2.24, 2.45) is 11.7 Å². The second-order valence-corrected chi connectivity index (χ2v) is 5.38. The average molecular weight is 234 g/mol. The summed E-state index contributed by atoms with van der Waals surface area (Å²) in [4.78, 5) is 2.36. The molecule has 0 spiro atoms. The van der Waals surface area contributed by atoms with E-state index in [0.717, 1.165) is 13.1 Å². The Balaban J connectivity index is 2.73. The fourth-order valence-corrected chi connectivity index (χ4v) is 2.27. The molecule has 17 heavy (non-hydrogen) atoms. The third-order valence-corrected chi connectivity index (χ3v) is 3.58. The van der Waals surface area contributed by atoms with Crippen LogP contribution in [0, 0.1) is 19.8 Å². The summed E-state index contributed by atoms with van der Waals surface area (Å²) in [5, 5.41) is 0. The molecule has 1 rings (SSSR count). The number of nitrogens with two attached hydrogens (primary N) is 1. The van der Waals surface area contributed by atoms with Gasteiger partial charge in [0.05, 0.1) is 0 Å². The van der Waals surface area contributed by atoms with Gasteiger partial charge < -0.3 is 5.73 Å². The van der Waals surface area contributed by atoms with E-state index in [1.807, 2.05) is 0 Å². The second kappa shape index (κ2) is 6.18. The van der Waals surface area contributed by atoms with E-state index in [-0.39, 0.29) is 0 Å². The van der Waals surface area contributed by atoms with Crippen LogP contribution in [0.1, 0.15) is 30.5 Å². The number of benzene rings is 1. The van der Waals surface area contributed by atoms with Crippen LogP contribution in [-0.4, -0.2) is 24.5 Å². The van der Waals surface area contributed by atoms with Crippen LogP contribution in [-0.2, 0) is 6.54 Å². The van der Waals surface area contributed by atoms with E-state index < -0.39 is 0 Å². The molecule has 0 saturated carbocycles. The molecule has 1 aromatic carbocycles. The summed E-state index contributed by atoms with van der Waals surface area (Å²) >= 11 is 0. The number of hydrogen-bond donors (Lipinski definition) is 1. The van der Waals surface area contributed by atoms with Crippen LogP contribution in [0.2, 0.25) is 0 Å². The molecule has 0 aliphatic rings. The van der Waals surface area contributed by atoms with Crippen LogP contribution < -0.4 is 5.73 Å². The molecule has 0 aliphatic heterocycles. The molecule has 1 unspecified atom stereocenters. The SMILES string of the molecule is Cc1ccc(CN(C)C(CN)C(C)C)cc1C. The minimum Gasteiger partial charge on any atom is -0.329 e. The predicted molar refractivity (Wildman–Crippen MR) is 75.1 cm³/mol. The van der Waals surface area contributed by atoms with Crippen molar-refractivity contribution >= 4 is 0 Å². The number of hydrogen-bond acceptors (Lipinski definition) is 2. The van der Waals surface area contributed by atoms with E-state index in [1.54, 1.807) is 0 Å². The first-order valence-corrected chi connectivity index (χ1v) is 6.42. The molecule has 2 N–H and O–H groups in total. The van der Waals surface area contributed by atoms with Gasteiger partial charge in [-0.1, -0.05) is 32.0 Å². The molecule has 1 aromatic rings. The Labute approximate surface area is 106 Å². The normalized spacial score (nSPS) is 13.4. The Kier molecular flexibility index (Phi) is 5.16. The molecule has 2 nitrogen and oxygen atoms in total. The molecule has 0 aromatic heterocycles. The quantitative estimate of drug-likeness (QED) is 0.849. The largest absolute Gasteiger partial charge is 0.329 e. The van der Waals surface area contributed by atoms with Gasteiger partial charge in [0, 0.05) is 19.1 Å². The van der Waals surface area contributed by atoms with Gasteiger partial charge in [0.25, 0.3) is 0 Å². The van der Waals surface area contributed by atoms with Gasteiger partial charge in [-0.05, 0) is 43.5 Å². The summed E-state index contributed by atoms with van der Waals surface area (Å²) in [7, 11) is 2.16. The highest BCUT2D eigenvalue weighted by Gasteiger charge is 2.16. The Morgan fingerprint density at radius 1 is 1.18 bits per heavy atom. The fourth-order valence-electron chi connectivity index (χ4n) is 2.27. The Morgan fingerprint density at radius 2 is 1.82 bits per heavy atom. The minimum atomic E-state index is 0.455. The van der Waals surface area contributed by atoms with Crippen LogP contribution in [0.3, 0.4) is 0 Å². The molecular formula is C15H26N2. The lowest BCUT2D eigenvalue weighted by Gasteiger charge is -2.30. The molecule has 0 bridgehead atoms. The molecule has 0 aliphatic carbocycles. The zero-order chi connectivity index (χ0) is 13.0. The maximum atomic E-state index is 5.84. The summed E-state index contributed by atoms with van der Waals surface area (Å²) in [5.41, 5.74) is 9.93. The van der Waals surface area contributed by atoms with E-state index >= 15 is 0 Å². The van der Waals surface area contributed by atoms with E-state index in [9.17, 15) is 0 Å². The van der Waals surface area contributed by atoms with Crippen molar-refractivity contribution in [2.75, 3.05) is 13.6 Å². The minimum absolute atomic E-state index is 0.455. The molecule has 96 valence electrons. The lowest BCUT2D eigenvalue weighted by Crippen LogP contribution is -2.41. The molecule has 0 amide bonds. The fraction of sp³-hybridized carbons (Fsp3) is 0.600. The number of nitrogens with zero attached hydrogens (tertiary/aromatic N) is 1. The van der Waals surface area contributed by atoms with Crippen LogP contribution >= 0.6 is 0 Å². The zero-order valence-electron chi connectivity index (χ0n) is 11.8. The number of likely N-dealkylation sites (N-methyl/N-ethyl adjacent to an activating group) is 1. The van der Waals surface area contributed by atoms with Gasteiger partial charge in [-0.15, -0.1) is 0 Å². The first-order chi connectivity index (χ1) is 7.95. The monoisotopic (exact) mass is 234 g/mol. The summed E-state index contributed by atoms with van der Waals surface area (Å²) in [5.74, 6) is 0.594. The Hall–Kier alpha value is -0.860. The smallest absolute Gasteiger partial charge is 0.0241 e. The van der Waals surface area contributed by atoms with Crippen LogP contribution in [0.25, 0.3) is 0 Å². The highest BCUT2D eigenvalue weighted by atomic mass is 15.1. The average Bonchev–Trinajstić information content (AvgIpc) is 2.24. The van der Waals surface area contributed by atoms with Crippen molar-refractivity contribution in [3.63, 3.8) is 0 Å². The van der Waals surface area contributed by atoms with Crippen LogP contribution in [0.15, 0.2) is 18.2 Å². The maximum absolute atomic E-state index is 5.84. The van der Waals surface area contributed by atoms with E-state index in [0.29, 0.717) is 12.0 Å². The lowest BCUT2D eigenvalue weighted by atomic mass is 10.0. The first kappa shape index (κ1) is 14.2. The van der Waals surface area contributed by atoms with Crippen molar-refractivity contribution in [3.8, 4) is 0 Å². The van der Waals surface area contributed by atoms with Crippen LogP contribution in [0.5, 0.6) is 0 Å². The third kappa shape index (κ3) is 3.83. The molecule has 0 heterocycles. The first-order valence-electron chi connectivity index (χ1n) is 6.42. The van der Waals surface area contributed by atoms with Gasteiger partial charge in [-0.3, -0.25) is 4.90 Å². The van der Waals surface area contributed by atoms with Crippen molar-refractivity contribution < 1.29 is 0 Å². The van der Waals surface area contributed by atoms with Crippen molar-refractivity contribution in [3.05, 3.63) is 34.9 Å². The molecule has 1 atom stereocenters. The summed E-state index contributed by atoms with van der Waals surface area (Å²) in [6.45, 7) is 10.5. The molecule has 2 heteroatoms. The van der Waals surface area contributed by atoms with E-state index in [2.05, 4.69) is 57.8 Å². The van der Waals surface area contributed by atoms with E-state index in [1.165, 1.54) is 16.7 Å². The van der Waals surface area contributed by atoms with Gasteiger partial charge >= 0.3 is 0 Å². The summed E-state index contributed by atoms with van der Waals surface area (Å²) in [6, 6.07) is 7.15. The standard InChI is InChI=1S/C15H26N2/c1-11(2)15(9-16)17(5)10-14-7-6-12(3)13(4)8-14/h6-8,11,15H,9-10,16H2,1-5H3. The highest BCUT2D eigenvalue weighted by Crippen LogP contribution is 2.15. The summed E-state index contributed by atoms with van der Waals surface area (Å²) in [6.07, 6.45) is 0. The molecular weight excluding hydrogens is 208 g/mol. The molecule has 0 saturated heterocycles. The third-order valence-electron chi connectivity index (χ3n) is 3.58. The number of rotatable bonds is 5. The van der Waals surface area contributed by atoms with Crippen molar-refractivity contribution in [1.29, 1.82) is 0 Å². The van der Waals surface area contributed by atoms with Gasteiger partial charge in [-0.25, -0.2) is 0 Å². The van der Waals surface area contributed by atoms with Gasteiger partial charge in [0.2, 0.25) is 0 Å². The Bertz CT molecular complexity index is 358. The molecule has 0 fully saturated rings. The van der Waals surface area contributed by atoms with Gasteiger partial charge in [0.1, 0.15) is 0 Å². The molecule has 0 radical (unpaired) electrons. The van der Waals surface area contributed by atoms with E-state index in [4.69, 9.17) is 5.73 Å².